The van der Waals surface area contributed by atoms with Crippen LogP contribution in [0.15, 0.2) is 58.3 Å². The van der Waals surface area contributed by atoms with Crippen LogP contribution in [0, 0.1) is 0 Å². The SMILES string of the molecule is c1ccc(-n2c(SCCN3CCCCC3)nnc2-c2ccco2)cc1. The van der Waals surface area contributed by atoms with Gasteiger partial charge in [0.15, 0.2) is 10.9 Å². The Hall–Kier alpha value is -2.05. The first-order valence-electron chi connectivity index (χ1n) is 8.82. The number of benzene rings is 1. The fraction of sp³-hybridized carbons (Fsp3) is 0.368. The molecule has 0 atom stereocenters. The van der Waals surface area contributed by atoms with Gasteiger partial charge in [0.2, 0.25) is 5.82 Å². The molecule has 1 aliphatic heterocycles. The molecule has 0 spiro atoms. The average molecular weight is 354 g/mol. The van der Waals surface area contributed by atoms with Crippen LogP contribution in [0.2, 0.25) is 0 Å². The molecular weight excluding hydrogens is 332 g/mol. The van der Waals surface area contributed by atoms with Crippen LogP contribution in [0.1, 0.15) is 19.3 Å². The molecule has 0 bridgehead atoms. The lowest BCUT2D eigenvalue weighted by Crippen LogP contribution is -2.31. The summed E-state index contributed by atoms with van der Waals surface area (Å²) in [7, 11) is 0. The molecule has 25 heavy (non-hydrogen) atoms. The van der Waals surface area contributed by atoms with Gasteiger partial charge in [-0.3, -0.25) is 4.57 Å². The molecule has 1 aromatic carbocycles. The predicted octanol–water partition coefficient (Wildman–Crippen LogP) is 4.11. The van der Waals surface area contributed by atoms with Gasteiger partial charge in [-0.25, -0.2) is 0 Å². The average Bonchev–Trinajstić information content (AvgIpc) is 3.33. The number of likely N-dealkylation sites (tertiary alicyclic amines) is 1. The van der Waals surface area contributed by atoms with Crippen LogP contribution in [-0.2, 0) is 0 Å². The van der Waals surface area contributed by atoms with Crippen LogP contribution in [-0.4, -0.2) is 45.1 Å². The molecule has 3 aromatic rings. The first-order chi connectivity index (χ1) is 12.4. The summed E-state index contributed by atoms with van der Waals surface area (Å²) in [5.74, 6) is 2.50. The van der Waals surface area contributed by atoms with Crippen molar-refractivity contribution in [2.75, 3.05) is 25.4 Å². The van der Waals surface area contributed by atoms with Crippen molar-refractivity contribution >= 4 is 11.8 Å². The molecule has 130 valence electrons. The maximum Gasteiger partial charge on any atom is 0.205 e. The van der Waals surface area contributed by atoms with E-state index in [2.05, 4.69) is 31.8 Å². The Balaban J connectivity index is 1.55. The summed E-state index contributed by atoms with van der Waals surface area (Å²) in [4.78, 5) is 2.55. The van der Waals surface area contributed by atoms with Crippen LogP contribution in [0.3, 0.4) is 0 Å². The highest BCUT2D eigenvalue weighted by Gasteiger charge is 2.18. The Kier molecular flexibility index (Phi) is 5.18. The molecular formula is C19H22N4OS. The van der Waals surface area contributed by atoms with Gasteiger partial charge in [-0.15, -0.1) is 10.2 Å². The van der Waals surface area contributed by atoms with Crippen molar-refractivity contribution in [1.29, 1.82) is 0 Å². The van der Waals surface area contributed by atoms with E-state index >= 15 is 0 Å². The van der Waals surface area contributed by atoms with Gasteiger partial charge in [0.1, 0.15) is 0 Å². The van der Waals surface area contributed by atoms with Gasteiger partial charge in [-0.1, -0.05) is 36.4 Å². The first-order valence-corrected chi connectivity index (χ1v) is 9.80. The van der Waals surface area contributed by atoms with Gasteiger partial charge in [-0.05, 0) is 50.2 Å². The zero-order valence-electron chi connectivity index (χ0n) is 14.2. The van der Waals surface area contributed by atoms with Crippen LogP contribution < -0.4 is 0 Å². The van der Waals surface area contributed by atoms with Crippen molar-refractivity contribution in [1.82, 2.24) is 19.7 Å². The molecule has 3 heterocycles. The monoisotopic (exact) mass is 354 g/mol. The van der Waals surface area contributed by atoms with Crippen LogP contribution in [0.4, 0.5) is 0 Å². The Morgan fingerprint density at radius 3 is 2.56 bits per heavy atom. The van der Waals surface area contributed by atoms with Gasteiger partial charge in [0, 0.05) is 18.0 Å². The van der Waals surface area contributed by atoms with E-state index in [1.54, 1.807) is 18.0 Å². The van der Waals surface area contributed by atoms with E-state index in [1.807, 2.05) is 30.3 Å². The molecule has 6 heteroatoms. The fourth-order valence-electron chi connectivity index (χ4n) is 3.19. The zero-order chi connectivity index (χ0) is 16.9. The second kappa shape index (κ2) is 7.89. The van der Waals surface area contributed by atoms with E-state index in [9.17, 15) is 0 Å². The number of thioether (sulfide) groups is 1. The normalized spacial score (nSPS) is 15.5. The summed E-state index contributed by atoms with van der Waals surface area (Å²) in [6.07, 6.45) is 5.70. The highest BCUT2D eigenvalue weighted by atomic mass is 32.2. The van der Waals surface area contributed by atoms with Crippen LogP contribution in [0.5, 0.6) is 0 Å². The van der Waals surface area contributed by atoms with Crippen LogP contribution in [0.25, 0.3) is 17.3 Å². The summed E-state index contributed by atoms with van der Waals surface area (Å²) in [5, 5.41) is 9.73. The maximum absolute atomic E-state index is 5.55. The Morgan fingerprint density at radius 1 is 0.960 bits per heavy atom. The third-order valence-corrected chi connectivity index (χ3v) is 5.39. The number of aromatic nitrogens is 3. The number of furan rings is 1. The van der Waals surface area contributed by atoms with Gasteiger partial charge in [0.05, 0.1) is 6.26 Å². The van der Waals surface area contributed by atoms with Crippen molar-refractivity contribution < 1.29 is 4.42 Å². The number of hydrogen-bond donors (Lipinski definition) is 0. The zero-order valence-corrected chi connectivity index (χ0v) is 15.0. The lowest BCUT2D eigenvalue weighted by Gasteiger charge is -2.25. The highest BCUT2D eigenvalue weighted by molar-refractivity contribution is 7.99. The summed E-state index contributed by atoms with van der Waals surface area (Å²) < 4.78 is 7.64. The molecule has 4 rings (SSSR count). The third-order valence-electron chi connectivity index (χ3n) is 4.48. The van der Waals surface area contributed by atoms with Gasteiger partial charge in [-0.2, -0.15) is 0 Å². The second-order valence-corrected chi connectivity index (χ2v) is 7.27. The topological polar surface area (TPSA) is 47.1 Å². The minimum atomic E-state index is 0.735. The summed E-state index contributed by atoms with van der Waals surface area (Å²) in [6.45, 7) is 3.55. The van der Waals surface area contributed by atoms with Crippen molar-refractivity contribution in [2.45, 2.75) is 24.4 Å². The smallest absolute Gasteiger partial charge is 0.205 e. The minimum absolute atomic E-state index is 0.735. The first kappa shape index (κ1) is 16.4. The van der Waals surface area contributed by atoms with E-state index in [1.165, 1.54) is 32.4 Å². The number of hydrogen-bond acceptors (Lipinski definition) is 5. The van der Waals surface area contributed by atoms with Crippen molar-refractivity contribution in [3.05, 3.63) is 48.7 Å². The molecule has 1 saturated heterocycles. The summed E-state index contributed by atoms with van der Waals surface area (Å²) in [5.41, 5.74) is 1.05. The van der Waals surface area contributed by atoms with Gasteiger partial charge >= 0.3 is 0 Å². The number of rotatable bonds is 6. The van der Waals surface area contributed by atoms with Crippen molar-refractivity contribution in [3.8, 4) is 17.3 Å². The molecule has 0 N–H and O–H groups in total. The molecule has 0 aliphatic carbocycles. The van der Waals surface area contributed by atoms with E-state index in [0.29, 0.717) is 0 Å². The fourth-order valence-corrected chi connectivity index (χ4v) is 4.14. The quantitative estimate of drug-likeness (QED) is 0.624. The van der Waals surface area contributed by atoms with E-state index in [0.717, 1.165) is 34.7 Å². The molecule has 1 aliphatic rings. The Morgan fingerprint density at radius 2 is 1.80 bits per heavy atom. The van der Waals surface area contributed by atoms with E-state index in [4.69, 9.17) is 4.42 Å². The molecule has 0 amide bonds. The van der Waals surface area contributed by atoms with Gasteiger partial charge in [0.25, 0.3) is 0 Å². The number of piperidine rings is 1. The summed E-state index contributed by atoms with van der Waals surface area (Å²) in [6, 6.07) is 14.0. The van der Waals surface area contributed by atoms with Crippen molar-refractivity contribution in [2.24, 2.45) is 0 Å². The third kappa shape index (κ3) is 3.80. The van der Waals surface area contributed by atoms with Crippen LogP contribution >= 0.6 is 11.8 Å². The molecule has 5 nitrogen and oxygen atoms in total. The Labute approximate surface area is 152 Å². The van der Waals surface area contributed by atoms with Crippen molar-refractivity contribution in [3.63, 3.8) is 0 Å². The minimum Gasteiger partial charge on any atom is -0.461 e. The molecule has 1 fully saturated rings. The molecule has 0 unspecified atom stereocenters. The lowest BCUT2D eigenvalue weighted by molar-refractivity contribution is 0.242. The summed E-state index contributed by atoms with van der Waals surface area (Å²) >= 11 is 1.76. The Bertz CT molecular complexity index is 779. The number of para-hydroxylation sites is 1. The molecule has 2 aromatic heterocycles. The number of nitrogens with zero attached hydrogens (tertiary/aromatic N) is 4. The highest BCUT2D eigenvalue weighted by Crippen LogP contribution is 2.28. The second-order valence-electron chi connectivity index (χ2n) is 6.21. The predicted molar refractivity (Wildman–Crippen MR) is 100 cm³/mol. The molecule has 0 saturated carbocycles. The molecule has 0 radical (unpaired) electrons. The largest absolute Gasteiger partial charge is 0.461 e. The standard InChI is InChI=1S/C19H22N4OS/c1-3-8-16(9-4-1)23-18(17-10-7-14-24-17)20-21-19(23)25-15-13-22-11-5-2-6-12-22/h1,3-4,7-10,14H,2,5-6,11-13,15H2. The van der Waals surface area contributed by atoms with E-state index < -0.39 is 0 Å². The van der Waals surface area contributed by atoms with E-state index in [-0.39, 0.29) is 0 Å². The van der Waals surface area contributed by atoms with Gasteiger partial charge < -0.3 is 9.32 Å². The maximum atomic E-state index is 5.55. The lowest BCUT2D eigenvalue weighted by atomic mass is 10.1.